The van der Waals surface area contributed by atoms with Crippen LogP contribution in [0.1, 0.15) is 177 Å². The normalized spacial score (nSPS) is 26.1. The van der Waals surface area contributed by atoms with Crippen LogP contribution in [0.25, 0.3) is 33.4 Å². The van der Waals surface area contributed by atoms with Gasteiger partial charge in [0.15, 0.2) is 17.0 Å². The van der Waals surface area contributed by atoms with Gasteiger partial charge in [0.25, 0.3) is 23.6 Å². The molecule has 4 amide bonds. The van der Waals surface area contributed by atoms with Gasteiger partial charge in [0.1, 0.15) is 53.8 Å². The van der Waals surface area contributed by atoms with E-state index in [1.54, 1.807) is 39.4 Å². The van der Waals surface area contributed by atoms with Crippen molar-refractivity contribution < 1.29 is 90.8 Å². The molecular formula is C97H131N17O19. The number of ether oxygens (including phenoxy) is 9. The number of esters is 1. The number of nitrogen functional groups attached to an aromatic ring is 2. The number of oxazole rings is 1. The van der Waals surface area contributed by atoms with Crippen LogP contribution < -0.4 is 31.9 Å². The number of ketones is 2. The number of carbonyl (C=O) groups is 7. The van der Waals surface area contributed by atoms with Crippen molar-refractivity contribution in [2.45, 2.75) is 219 Å². The van der Waals surface area contributed by atoms with Gasteiger partial charge in [-0.25, -0.2) is 44.2 Å². The van der Waals surface area contributed by atoms with Crippen molar-refractivity contribution in [1.29, 1.82) is 0 Å². The van der Waals surface area contributed by atoms with Gasteiger partial charge < -0.3 is 99.0 Å². The second kappa shape index (κ2) is 48.2. The number of rotatable bonds is 29. The number of aliphatic hydroxyl groups is 2. The first kappa shape index (κ1) is 99.4. The third kappa shape index (κ3) is 26.9. The van der Waals surface area contributed by atoms with Gasteiger partial charge in [0.05, 0.1) is 89.0 Å². The molecule has 8 N–H and O–H groups in total. The van der Waals surface area contributed by atoms with E-state index in [1.807, 2.05) is 90.8 Å². The van der Waals surface area contributed by atoms with E-state index in [0.29, 0.717) is 225 Å². The molecule has 11 atom stereocenters. The number of anilines is 4. The molecule has 5 aliphatic heterocycles. The lowest BCUT2D eigenvalue weighted by molar-refractivity contribution is -0.265. The van der Waals surface area contributed by atoms with Gasteiger partial charge in [-0.2, -0.15) is 10.1 Å². The second-order valence-corrected chi connectivity index (χ2v) is 36.0. The summed E-state index contributed by atoms with van der Waals surface area (Å²) in [5.74, 6) is -5.24. The van der Waals surface area contributed by atoms with Gasteiger partial charge in [-0.15, -0.1) is 0 Å². The Morgan fingerprint density at radius 3 is 2.10 bits per heavy atom. The topological polar surface area (TPSA) is 453 Å². The number of hydrogen-bond acceptors (Lipinski definition) is 31. The molecule has 1 saturated carbocycles. The minimum atomic E-state index is -2.43. The number of aromatic nitrogens is 9. The Labute approximate surface area is 776 Å². The number of Topliss-reactive ketones (excluding diaryl/α,β-unsaturated/α-hetero) is 2. The molecule has 1 unspecified atom stereocenters. The van der Waals surface area contributed by atoms with Crippen LogP contribution in [0.15, 0.2) is 120 Å². The van der Waals surface area contributed by atoms with Crippen molar-refractivity contribution in [3.8, 4) is 11.3 Å². The highest BCUT2D eigenvalue weighted by Gasteiger charge is 2.53. The van der Waals surface area contributed by atoms with Crippen LogP contribution in [0.2, 0.25) is 0 Å². The summed E-state index contributed by atoms with van der Waals surface area (Å²) in [7, 11) is 3.02. The molecule has 36 heteroatoms. The molecule has 5 aromatic heterocycles. The maximum absolute atomic E-state index is 14.6. The molecule has 4 fully saturated rings. The molecule has 7 aromatic rings. The molecule has 13 rings (SSSR count). The lowest BCUT2D eigenvalue weighted by Gasteiger charge is -2.42. The number of fused-ring (bicyclic) bond motifs is 6. The fourth-order valence-electron chi connectivity index (χ4n) is 18.4. The van der Waals surface area contributed by atoms with Crippen LogP contribution in [-0.4, -0.2) is 267 Å². The molecule has 0 spiro atoms. The van der Waals surface area contributed by atoms with Crippen LogP contribution >= 0.6 is 0 Å². The van der Waals surface area contributed by atoms with Gasteiger partial charge in [-0.05, 0) is 174 Å². The first-order chi connectivity index (χ1) is 64.3. The number of methoxy groups -OCH3 is 2. The van der Waals surface area contributed by atoms with Crippen molar-refractivity contribution in [1.82, 2.24) is 65.1 Å². The van der Waals surface area contributed by atoms with E-state index in [0.717, 1.165) is 41.5 Å². The Hall–Kier alpha value is -11.1. The third-order valence-corrected chi connectivity index (χ3v) is 26.2. The molecule has 2 aromatic carbocycles. The van der Waals surface area contributed by atoms with Crippen molar-refractivity contribution in [2.75, 3.05) is 134 Å². The van der Waals surface area contributed by atoms with E-state index >= 15 is 0 Å². The van der Waals surface area contributed by atoms with E-state index in [9.17, 15) is 43.8 Å². The fraction of sp³-hybridized carbons (Fsp3) is 0.577. The number of nitrogens with two attached hydrogens (primary N) is 2. The highest BCUT2D eigenvalue weighted by Crippen LogP contribution is 2.39. The third-order valence-electron chi connectivity index (χ3n) is 26.2. The molecule has 36 nitrogen and oxygen atoms in total. The first-order valence-corrected chi connectivity index (χ1v) is 46.9. The lowest BCUT2D eigenvalue weighted by atomic mass is 9.83. The van der Waals surface area contributed by atoms with Gasteiger partial charge >= 0.3 is 12.1 Å². The number of piperazine rings is 1. The summed E-state index contributed by atoms with van der Waals surface area (Å²) in [6.07, 6.45) is 23.9. The van der Waals surface area contributed by atoms with E-state index < -0.39 is 77.9 Å². The number of nitrogens with zero attached hydrogens (tertiary/aromatic N) is 13. The number of nitrogens with one attached hydrogen (secondary N) is 2. The number of carbonyl (C=O) groups excluding carboxylic acids is 7. The molecule has 0 radical (unpaired) electrons. The Morgan fingerprint density at radius 2 is 1.38 bits per heavy atom. The summed E-state index contributed by atoms with van der Waals surface area (Å²) in [6.45, 7) is 18.5. The smallest absolute Gasteiger partial charge is 0.407 e. The number of aliphatic hydroxyl groups excluding tert-OH is 1. The SMILES string of the molecule is CO[C@H]1CC2CC[C@@H](C)[C@@](O)(O2)C(=O)C(=O)N2CCCC[C@H]2C(=O)O[C@H](CC[C@H]2CC[C@H](OC(=O)NCc3cnc(N4CCN(c5ncc(C(=O)NCCOCCOCCOCCOCCC(=O)N6CCc7cc(Cn8nc(-c9ccc%10oc(N)nc%10c9)c9c(N)ncnc98)ccc7C6)cn5)CC4)nc3)CC2)CC[C@H](C)/C=C(\C)[C@@H](O)[C@@H](OC)C(=O)[C@H](C)C[C@H](C)/C=C/C=C/C=C/1C. The van der Waals surface area contributed by atoms with Gasteiger partial charge in [-0.3, -0.25) is 24.0 Å². The van der Waals surface area contributed by atoms with Crippen LogP contribution in [0.4, 0.5) is 28.5 Å². The van der Waals surface area contributed by atoms with Crippen LogP contribution in [0, 0.1) is 29.6 Å². The van der Waals surface area contributed by atoms with Crippen molar-refractivity contribution in [3.05, 3.63) is 143 Å². The molecule has 2 bridgehead atoms. The summed E-state index contributed by atoms with van der Waals surface area (Å²) in [4.78, 5) is 135. The minimum absolute atomic E-state index is 0.0323. The van der Waals surface area contributed by atoms with Crippen molar-refractivity contribution in [3.63, 3.8) is 0 Å². The van der Waals surface area contributed by atoms with Crippen LogP contribution in [0.3, 0.4) is 0 Å². The maximum atomic E-state index is 14.6. The number of alkyl carbamates (subject to hydrolysis) is 1. The summed E-state index contributed by atoms with van der Waals surface area (Å²) in [6, 6.07) is 10.8. The largest absolute Gasteiger partial charge is 0.461 e. The number of allylic oxidation sites excluding steroid dienone is 6. The van der Waals surface area contributed by atoms with Gasteiger partial charge in [-0.1, -0.05) is 82.4 Å². The molecule has 6 aliphatic rings. The zero-order valence-electron chi connectivity index (χ0n) is 77.8. The summed E-state index contributed by atoms with van der Waals surface area (Å²) < 4.78 is 60.2. The zero-order valence-corrected chi connectivity index (χ0v) is 77.8. The molecule has 718 valence electrons. The molecule has 133 heavy (non-hydrogen) atoms. The van der Waals surface area contributed by atoms with Gasteiger partial charge in [0.2, 0.25) is 23.6 Å². The Kier molecular flexibility index (Phi) is 36.0. The van der Waals surface area contributed by atoms with Crippen molar-refractivity contribution in [2.24, 2.45) is 29.6 Å². The fourth-order valence-corrected chi connectivity index (χ4v) is 18.4. The summed E-state index contributed by atoms with van der Waals surface area (Å²) in [5.41, 5.74) is 21.2. The van der Waals surface area contributed by atoms with Crippen molar-refractivity contribution >= 4 is 87.2 Å². The Bertz CT molecular complexity index is 5210. The van der Waals surface area contributed by atoms with Gasteiger partial charge in [0, 0.05) is 127 Å². The van der Waals surface area contributed by atoms with Crippen LogP contribution in [-0.2, 0) is 92.7 Å². The number of hydrogen-bond donors (Lipinski definition) is 6. The number of piperidine rings is 1. The number of amides is 4. The highest BCUT2D eigenvalue weighted by atomic mass is 16.6. The predicted octanol–water partition coefficient (Wildman–Crippen LogP) is 9.90. The molecule has 1 aliphatic carbocycles. The monoisotopic (exact) mass is 1840 g/mol. The quantitative estimate of drug-likeness (QED) is 0.0110. The maximum Gasteiger partial charge on any atom is 0.407 e. The second-order valence-electron chi connectivity index (χ2n) is 36.0. The predicted molar refractivity (Wildman–Crippen MR) is 496 cm³/mol. The minimum Gasteiger partial charge on any atom is -0.461 e. The standard InChI is InChI=1S/C97H131N17O19/c1-61-14-10-9-11-15-63(3)80(124-7)52-76-26-18-66(6)97(123,133-76)87(118)91(120)113-34-13-12-16-78(113)92(121)130-74(25-17-62(2)49-65(5)85(117)86(125-8)84(116)64(4)48-61)27-20-67-21-28-75(29-22-67)131-96(122)105-55-69-53-101-94(102-54-69)110-36-38-111(39-37-110)95-103-56-73(57-104-95)90(119)100-33-41-127-43-45-129-47-46-128-44-42-126-40-32-81(115)112-35-31-70-50-68(19-23-72(70)59-112)58-114-89-82(88(98)106-60-107-89)83(109-114)71-24-30-79-77(51-71)108-93(99)132-79/h9-11,14-15,19,23-24,30,49-51,53-54,56-57,60-62,64,66-67,74-76,78,80,85-86,117,123H,12-13,16-18,20-22,25-29,31-48,52,55,58-59H2,1-8H3,(H2,99,108)(H,100,119)(H,105,122)(H2,98,106,107)/b11-9+,14-10+,63-15+,65-49+/t61-,62+,64-,66-,67-,74+,75-,76?,78+,80+,85-,86+,97-/m1/s1. The highest BCUT2D eigenvalue weighted by molar-refractivity contribution is 6.39. The number of cyclic esters (lactones) is 1. The van der Waals surface area contributed by atoms with E-state index in [1.165, 1.54) is 36.3 Å². The van der Waals surface area contributed by atoms with E-state index in [2.05, 4.69) is 68.6 Å². The molecule has 10 heterocycles. The summed E-state index contributed by atoms with van der Waals surface area (Å²) in [5, 5.41) is 35.0. The van der Waals surface area contributed by atoms with E-state index in [-0.39, 0.29) is 93.2 Å². The average Bonchev–Trinajstić information content (AvgIpc) is 1.66. The molecule has 3 saturated heterocycles. The first-order valence-electron chi connectivity index (χ1n) is 46.9. The zero-order chi connectivity index (χ0) is 94.1. The number of benzene rings is 2. The Balaban J connectivity index is 0.475. The Morgan fingerprint density at radius 1 is 0.677 bits per heavy atom. The average molecular weight is 1840 g/mol. The summed E-state index contributed by atoms with van der Waals surface area (Å²) >= 11 is 0. The van der Waals surface area contributed by atoms with Crippen LogP contribution in [0.5, 0.6) is 0 Å². The molecular weight excluding hydrogens is 1710 g/mol. The van der Waals surface area contributed by atoms with E-state index in [4.69, 9.17) is 63.6 Å². The lowest BCUT2D eigenvalue weighted by Crippen LogP contribution is -2.60.